The molecule has 2 saturated heterocycles. The van der Waals surface area contributed by atoms with Gasteiger partial charge in [0.05, 0.1) is 16.8 Å². The molecule has 0 N–H and O–H groups in total. The summed E-state index contributed by atoms with van der Waals surface area (Å²) in [6, 6.07) is 17.7. The van der Waals surface area contributed by atoms with E-state index < -0.39 is 10.0 Å². The van der Waals surface area contributed by atoms with Crippen LogP contribution in [0.2, 0.25) is 0 Å². The van der Waals surface area contributed by atoms with E-state index in [0.717, 1.165) is 46.9 Å². The number of aromatic nitrogens is 2. The summed E-state index contributed by atoms with van der Waals surface area (Å²) in [5.74, 6) is 1.16. The highest BCUT2D eigenvalue weighted by Gasteiger charge is 2.32. The molecule has 2 aliphatic rings. The number of ether oxygens (including phenoxy) is 1. The number of rotatable bonds is 9. The Morgan fingerprint density at radius 1 is 0.919 bits per heavy atom. The molecular weight excluding hydrogens is 492 g/mol. The molecule has 9 nitrogen and oxygen atoms in total. The fourth-order valence-electron chi connectivity index (χ4n) is 5.12. The van der Waals surface area contributed by atoms with Gasteiger partial charge in [-0.05, 0) is 49.4 Å². The van der Waals surface area contributed by atoms with Gasteiger partial charge in [0.1, 0.15) is 18.2 Å². The van der Waals surface area contributed by atoms with Crippen molar-refractivity contribution in [3.8, 4) is 5.75 Å². The molecule has 3 heterocycles. The normalized spacial score (nSPS) is 18.0. The fraction of sp³-hybridized carbons (Fsp3) is 0.444. The number of para-hydroxylation sites is 3. The van der Waals surface area contributed by atoms with Gasteiger partial charge in [-0.25, -0.2) is 17.7 Å². The number of piperidine rings is 2. The molecule has 5 rings (SSSR count). The minimum atomic E-state index is -3.55. The number of fused-ring (bicyclic) bond motifs is 1. The van der Waals surface area contributed by atoms with E-state index >= 15 is 0 Å². The molecular formula is C27H32N4O5S. The smallest absolute Gasteiger partial charge is 0.229 e. The number of carbonyl (C=O) groups is 2. The third kappa shape index (κ3) is 5.86. The average molecular weight is 525 g/mol. The summed E-state index contributed by atoms with van der Waals surface area (Å²) in [6.07, 6.45) is 2.61. The van der Waals surface area contributed by atoms with Crippen LogP contribution >= 0.6 is 0 Å². The van der Waals surface area contributed by atoms with Gasteiger partial charge in [0.25, 0.3) is 0 Å². The molecule has 2 amide bonds. The Morgan fingerprint density at radius 3 is 2.32 bits per heavy atom. The minimum absolute atomic E-state index is 0.0638. The molecule has 0 atom stereocenters. The first-order valence-electron chi connectivity index (χ1n) is 12.8. The van der Waals surface area contributed by atoms with Crippen molar-refractivity contribution in [3.05, 3.63) is 60.4 Å². The van der Waals surface area contributed by atoms with Gasteiger partial charge in [-0.3, -0.25) is 14.5 Å². The number of carbonyl (C=O) groups excluding carboxylic acids is 2. The zero-order chi connectivity index (χ0) is 25.8. The largest absolute Gasteiger partial charge is 0.486 e. The molecule has 10 heteroatoms. The lowest BCUT2D eigenvalue weighted by atomic mass is 9.98. The minimum Gasteiger partial charge on any atom is -0.486 e. The van der Waals surface area contributed by atoms with Gasteiger partial charge in [0.2, 0.25) is 21.8 Å². The predicted molar refractivity (Wildman–Crippen MR) is 139 cm³/mol. The number of amides is 2. The Labute approximate surface area is 217 Å². The zero-order valence-electron chi connectivity index (χ0n) is 20.8. The van der Waals surface area contributed by atoms with Crippen LogP contribution in [0.4, 0.5) is 0 Å². The molecule has 2 fully saturated rings. The highest BCUT2D eigenvalue weighted by atomic mass is 32.2. The molecule has 196 valence electrons. The number of hydrogen-bond donors (Lipinski definition) is 0. The first-order valence-corrected chi connectivity index (χ1v) is 14.4. The van der Waals surface area contributed by atoms with Crippen LogP contribution in [0.25, 0.3) is 11.0 Å². The third-order valence-corrected chi connectivity index (χ3v) is 9.06. The average Bonchev–Trinajstić information content (AvgIpc) is 3.25. The first kappa shape index (κ1) is 25.4. The SMILES string of the molecule is O=C1CCCC(=O)N1CCS(=O)(=O)N1CCC(Cn2c(COc3ccccc3)nc3ccccc32)CC1. The van der Waals surface area contributed by atoms with Crippen molar-refractivity contribution in [1.29, 1.82) is 0 Å². The van der Waals surface area contributed by atoms with Crippen LogP contribution < -0.4 is 4.74 Å². The lowest BCUT2D eigenvalue weighted by molar-refractivity contribution is -0.147. The van der Waals surface area contributed by atoms with Gasteiger partial charge >= 0.3 is 0 Å². The molecule has 0 bridgehead atoms. The van der Waals surface area contributed by atoms with E-state index in [1.165, 1.54) is 4.31 Å². The maximum absolute atomic E-state index is 13.0. The maximum Gasteiger partial charge on any atom is 0.229 e. The zero-order valence-corrected chi connectivity index (χ0v) is 21.6. The van der Waals surface area contributed by atoms with Gasteiger partial charge in [-0.1, -0.05) is 30.3 Å². The maximum atomic E-state index is 13.0. The van der Waals surface area contributed by atoms with E-state index in [1.807, 2.05) is 48.5 Å². The van der Waals surface area contributed by atoms with Gasteiger partial charge in [-0.2, -0.15) is 0 Å². The van der Waals surface area contributed by atoms with Crippen LogP contribution in [0, 0.1) is 5.92 Å². The van der Waals surface area contributed by atoms with Gasteiger partial charge in [-0.15, -0.1) is 0 Å². The highest BCUT2D eigenvalue weighted by molar-refractivity contribution is 7.89. The van der Waals surface area contributed by atoms with E-state index in [-0.39, 0.29) is 24.1 Å². The van der Waals surface area contributed by atoms with Crippen LogP contribution in [0.1, 0.15) is 37.9 Å². The number of benzene rings is 2. The molecule has 37 heavy (non-hydrogen) atoms. The second-order valence-electron chi connectivity index (χ2n) is 9.68. The lowest BCUT2D eigenvalue weighted by Gasteiger charge is -2.32. The van der Waals surface area contributed by atoms with Crippen LogP contribution in [0.15, 0.2) is 54.6 Å². The van der Waals surface area contributed by atoms with E-state index in [2.05, 4.69) is 10.6 Å². The standard InChI is InChI=1S/C27H32N4O5S/c32-26-11-6-12-27(33)30(26)17-18-37(34,35)29-15-13-21(14-16-29)19-31-24-10-5-4-9-23(24)28-25(31)20-36-22-7-2-1-3-8-22/h1-5,7-10,21H,6,11-20H2. The molecule has 1 aromatic heterocycles. The van der Waals surface area contributed by atoms with Crippen LogP contribution in [0.3, 0.4) is 0 Å². The topological polar surface area (TPSA) is 102 Å². The van der Waals surface area contributed by atoms with Crippen molar-refractivity contribution in [3.63, 3.8) is 0 Å². The molecule has 2 aliphatic heterocycles. The molecule has 0 saturated carbocycles. The molecule has 0 unspecified atom stereocenters. The quantitative estimate of drug-likeness (QED) is 0.399. The molecule has 0 aliphatic carbocycles. The van der Waals surface area contributed by atoms with Crippen molar-refractivity contribution in [1.82, 2.24) is 18.8 Å². The van der Waals surface area contributed by atoms with E-state index in [4.69, 9.17) is 9.72 Å². The Kier molecular flexibility index (Phi) is 7.57. The van der Waals surface area contributed by atoms with Crippen molar-refractivity contribution >= 4 is 32.9 Å². The van der Waals surface area contributed by atoms with Crippen molar-refractivity contribution < 1.29 is 22.7 Å². The summed E-state index contributed by atoms with van der Waals surface area (Å²) in [7, 11) is -3.55. The first-order chi connectivity index (χ1) is 17.9. The molecule has 2 aromatic carbocycles. The summed E-state index contributed by atoms with van der Waals surface area (Å²) >= 11 is 0. The summed E-state index contributed by atoms with van der Waals surface area (Å²) in [6.45, 7) is 1.87. The summed E-state index contributed by atoms with van der Waals surface area (Å²) in [4.78, 5) is 29.9. The van der Waals surface area contributed by atoms with Crippen LogP contribution in [0.5, 0.6) is 5.75 Å². The second-order valence-corrected chi connectivity index (χ2v) is 11.8. The second kappa shape index (κ2) is 11.0. The molecule has 0 spiro atoms. The van der Waals surface area contributed by atoms with E-state index in [9.17, 15) is 18.0 Å². The Balaban J connectivity index is 1.21. The third-order valence-electron chi connectivity index (χ3n) is 7.21. The number of sulfonamides is 1. The number of imidazole rings is 1. The molecule has 0 radical (unpaired) electrons. The summed E-state index contributed by atoms with van der Waals surface area (Å²) in [5.41, 5.74) is 1.95. The van der Waals surface area contributed by atoms with Crippen LogP contribution in [-0.4, -0.2) is 64.4 Å². The van der Waals surface area contributed by atoms with Gasteiger partial charge < -0.3 is 9.30 Å². The fourth-order valence-corrected chi connectivity index (χ4v) is 6.56. The lowest BCUT2D eigenvalue weighted by Crippen LogP contribution is -2.46. The Bertz CT molecular complexity index is 1350. The van der Waals surface area contributed by atoms with Crippen molar-refractivity contribution in [2.45, 2.75) is 45.3 Å². The number of imide groups is 1. The van der Waals surface area contributed by atoms with E-state index in [1.54, 1.807) is 0 Å². The van der Waals surface area contributed by atoms with Gasteiger partial charge in [0.15, 0.2) is 0 Å². The summed E-state index contributed by atoms with van der Waals surface area (Å²) in [5, 5.41) is 0. The number of likely N-dealkylation sites (tertiary alicyclic amines) is 1. The highest BCUT2D eigenvalue weighted by Crippen LogP contribution is 2.26. The number of nitrogens with zero attached hydrogens (tertiary/aromatic N) is 4. The summed E-state index contributed by atoms with van der Waals surface area (Å²) < 4.78 is 35.6. The Morgan fingerprint density at radius 2 is 1.59 bits per heavy atom. The van der Waals surface area contributed by atoms with Crippen molar-refractivity contribution in [2.75, 3.05) is 25.4 Å². The van der Waals surface area contributed by atoms with Crippen LogP contribution in [-0.2, 0) is 32.8 Å². The van der Waals surface area contributed by atoms with E-state index in [0.29, 0.717) is 44.9 Å². The monoisotopic (exact) mass is 524 g/mol. The molecule has 3 aromatic rings. The number of hydrogen-bond acceptors (Lipinski definition) is 6. The van der Waals surface area contributed by atoms with Gasteiger partial charge in [0, 0.05) is 39.0 Å². The predicted octanol–water partition coefficient (Wildman–Crippen LogP) is 3.20. The van der Waals surface area contributed by atoms with Crippen molar-refractivity contribution in [2.24, 2.45) is 5.92 Å². The Hall–Kier alpha value is -3.24.